The topological polar surface area (TPSA) is 71.4 Å². The van der Waals surface area contributed by atoms with Gasteiger partial charge in [0.25, 0.3) is 5.91 Å². The van der Waals surface area contributed by atoms with Crippen molar-refractivity contribution in [2.24, 2.45) is 0 Å². The number of benzene rings is 2. The van der Waals surface area contributed by atoms with Crippen molar-refractivity contribution in [1.82, 2.24) is 13.6 Å². The van der Waals surface area contributed by atoms with Crippen LogP contribution in [0.5, 0.6) is 0 Å². The van der Waals surface area contributed by atoms with Crippen LogP contribution in [0.15, 0.2) is 72.9 Å². The number of rotatable bonds is 5. The highest BCUT2D eigenvalue weighted by Crippen LogP contribution is 2.20. The van der Waals surface area contributed by atoms with E-state index in [9.17, 15) is 13.2 Å². The summed E-state index contributed by atoms with van der Waals surface area (Å²) in [4.78, 5) is 12.7. The highest BCUT2D eigenvalue weighted by molar-refractivity contribution is 7.87. The Labute approximate surface area is 164 Å². The van der Waals surface area contributed by atoms with E-state index in [1.807, 2.05) is 54.6 Å². The van der Waals surface area contributed by atoms with Crippen LogP contribution in [0.1, 0.15) is 27.2 Å². The molecule has 2 aromatic carbocycles. The summed E-state index contributed by atoms with van der Waals surface area (Å²) in [5.74, 6) is -0.625. The molecule has 0 radical (unpaired) electrons. The molecule has 1 aliphatic rings. The van der Waals surface area contributed by atoms with Crippen LogP contribution < -0.4 is 4.72 Å². The Hall–Kier alpha value is -2.90. The van der Waals surface area contributed by atoms with Crippen molar-refractivity contribution in [3.63, 3.8) is 0 Å². The Bertz CT molecular complexity index is 1090. The number of fused-ring (bicyclic) bond motifs is 1. The van der Waals surface area contributed by atoms with Crippen LogP contribution >= 0.6 is 0 Å². The summed E-state index contributed by atoms with van der Waals surface area (Å²) in [6.07, 6.45) is 2.40. The van der Waals surface area contributed by atoms with Gasteiger partial charge in [-0.05, 0) is 35.2 Å². The molecule has 0 spiro atoms. The van der Waals surface area contributed by atoms with Crippen molar-refractivity contribution >= 4 is 16.1 Å². The third kappa shape index (κ3) is 3.85. The minimum Gasteiger partial charge on any atom is -0.339 e. The maximum Gasteiger partial charge on any atom is 0.304 e. The minimum absolute atomic E-state index is 0.268. The lowest BCUT2D eigenvalue weighted by Gasteiger charge is -2.27. The Morgan fingerprint density at radius 1 is 0.929 bits per heavy atom. The first-order chi connectivity index (χ1) is 13.5. The molecule has 1 amide bonds. The van der Waals surface area contributed by atoms with Gasteiger partial charge in [-0.25, -0.2) is 4.72 Å². The maximum atomic E-state index is 12.8. The predicted molar refractivity (Wildman–Crippen MR) is 107 cm³/mol. The van der Waals surface area contributed by atoms with Crippen molar-refractivity contribution in [3.8, 4) is 0 Å². The Morgan fingerprint density at radius 3 is 2.43 bits per heavy atom. The molecule has 0 saturated heterocycles. The van der Waals surface area contributed by atoms with Gasteiger partial charge in [0.2, 0.25) is 0 Å². The van der Waals surface area contributed by atoms with Gasteiger partial charge in [0.15, 0.2) is 0 Å². The summed E-state index contributed by atoms with van der Waals surface area (Å²) < 4.78 is 30.8. The molecule has 28 heavy (non-hydrogen) atoms. The zero-order chi connectivity index (χ0) is 19.6. The molecule has 0 bridgehead atoms. The molecule has 1 aliphatic heterocycles. The largest absolute Gasteiger partial charge is 0.339 e. The molecule has 2 heterocycles. The lowest BCUT2D eigenvalue weighted by atomic mass is 10.0. The molecule has 1 N–H and O–H groups in total. The quantitative estimate of drug-likeness (QED) is 0.722. The normalized spacial score (nSPS) is 14.4. The van der Waals surface area contributed by atoms with Crippen LogP contribution in [-0.4, -0.2) is 29.7 Å². The fourth-order valence-electron chi connectivity index (χ4n) is 3.45. The van der Waals surface area contributed by atoms with E-state index in [0.29, 0.717) is 25.2 Å². The third-order valence-corrected chi connectivity index (χ3v) is 6.35. The SMILES string of the molecule is O=C(NS(=O)(=O)N1CCc2ccccc2C1)c1cccn1Cc1ccccc1. The second-order valence-electron chi connectivity index (χ2n) is 6.80. The summed E-state index contributed by atoms with van der Waals surface area (Å²) in [6.45, 7) is 1.11. The van der Waals surface area contributed by atoms with Gasteiger partial charge in [0, 0.05) is 25.8 Å². The van der Waals surface area contributed by atoms with E-state index in [4.69, 9.17) is 0 Å². The lowest BCUT2D eigenvalue weighted by Crippen LogP contribution is -2.45. The van der Waals surface area contributed by atoms with Gasteiger partial charge in [-0.3, -0.25) is 4.79 Å². The molecular weight excluding hydrogens is 374 g/mol. The summed E-state index contributed by atoms with van der Waals surface area (Å²) in [6, 6.07) is 20.8. The maximum absolute atomic E-state index is 12.8. The van der Waals surface area contributed by atoms with Crippen LogP contribution in [0.4, 0.5) is 0 Å². The van der Waals surface area contributed by atoms with Crippen LogP contribution in [0, 0.1) is 0 Å². The number of carbonyl (C=O) groups is 1. The number of nitrogens with one attached hydrogen (secondary N) is 1. The average Bonchev–Trinajstić information content (AvgIpc) is 3.16. The van der Waals surface area contributed by atoms with Crippen molar-refractivity contribution in [2.45, 2.75) is 19.5 Å². The van der Waals surface area contributed by atoms with Crippen LogP contribution in [0.3, 0.4) is 0 Å². The fourth-order valence-corrected chi connectivity index (χ4v) is 4.56. The van der Waals surface area contributed by atoms with E-state index in [-0.39, 0.29) is 6.54 Å². The first-order valence-corrected chi connectivity index (χ1v) is 10.5. The zero-order valence-corrected chi connectivity index (χ0v) is 16.1. The molecule has 0 fully saturated rings. The number of amides is 1. The van der Waals surface area contributed by atoms with Crippen molar-refractivity contribution in [1.29, 1.82) is 0 Å². The first-order valence-electron chi connectivity index (χ1n) is 9.11. The highest BCUT2D eigenvalue weighted by Gasteiger charge is 2.29. The molecule has 144 valence electrons. The molecular formula is C21H21N3O3S. The second kappa shape index (κ2) is 7.61. The smallest absolute Gasteiger partial charge is 0.304 e. The van der Waals surface area contributed by atoms with Gasteiger partial charge in [-0.1, -0.05) is 54.6 Å². The van der Waals surface area contributed by atoms with E-state index >= 15 is 0 Å². The van der Waals surface area contributed by atoms with E-state index < -0.39 is 16.1 Å². The van der Waals surface area contributed by atoms with Crippen LogP contribution in [0.2, 0.25) is 0 Å². The van der Waals surface area contributed by atoms with Gasteiger partial charge in [-0.2, -0.15) is 12.7 Å². The predicted octanol–water partition coefficient (Wildman–Crippen LogP) is 2.57. The number of hydrogen-bond acceptors (Lipinski definition) is 3. The van der Waals surface area contributed by atoms with Crippen molar-refractivity contribution in [3.05, 3.63) is 95.3 Å². The standard InChI is InChI=1S/C21H21N3O3S/c25-21(20-11-6-13-23(20)15-17-7-2-1-3-8-17)22-28(26,27)24-14-12-18-9-4-5-10-19(18)16-24/h1-11,13H,12,14-16H2,(H,22,25). The molecule has 0 saturated carbocycles. The lowest BCUT2D eigenvalue weighted by molar-refractivity contribution is 0.0970. The Kier molecular flexibility index (Phi) is 5.02. The molecule has 7 heteroatoms. The molecule has 0 aliphatic carbocycles. The van der Waals surface area contributed by atoms with Crippen LogP contribution in [0.25, 0.3) is 0 Å². The first kappa shape index (κ1) is 18.5. The second-order valence-corrected chi connectivity index (χ2v) is 8.47. The van der Waals surface area contributed by atoms with E-state index in [2.05, 4.69) is 4.72 Å². The fraction of sp³-hybridized carbons (Fsp3) is 0.190. The van der Waals surface area contributed by atoms with E-state index in [1.54, 1.807) is 22.9 Å². The van der Waals surface area contributed by atoms with Gasteiger partial charge in [0.1, 0.15) is 5.69 Å². The molecule has 1 aromatic heterocycles. The average molecular weight is 395 g/mol. The summed E-state index contributed by atoms with van der Waals surface area (Å²) in [5.41, 5.74) is 3.46. The van der Waals surface area contributed by atoms with Gasteiger partial charge >= 0.3 is 10.2 Å². The highest BCUT2D eigenvalue weighted by atomic mass is 32.2. The summed E-state index contributed by atoms with van der Waals surface area (Å²) >= 11 is 0. The zero-order valence-electron chi connectivity index (χ0n) is 15.3. The number of hydrogen-bond donors (Lipinski definition) is 1. The van der Waals surface area contributed by atoms with Gasteiger partial charge < -0.3 is 4.57 Å². The van der Waals surface area contributed by atoms with Crippen LogP contribution in [-0.2, 0) is 29.7 Å². The molecule has 0 atom stereocenters. The molecule has 4 rings (SSSR count). The molecule has 6 nitrogen and oxygen atoms in total. The van der Waals surface area contributed by atoms with Gasteiger partial charge in [-0.15, -0.1) is 0 Å². The number of nitrogens with zero attached hydrogens (tertiary/aromatic N) is 2. The molecule has 0 unspecified atom stereocenters. The monoisotopic (exact) mass is 395 g/mol. The van der Waals surface area contributed by atoms with E-state index in [0.717, 1.165) is 16.7 Å². The Morgan fingerprint density at radius 2 is 1.64 bits per heavy atom. The Balaban J connectivity index is 1.49. The third-order valence-electron chi connectivity index (χ3n) is 4.92. The van der Waals surface area contributed by atoms with Gasteiger partial charge in [0.05, 0.1) is 0 Å². The number of carbonyl (C=O) groups excluding carboxylic acids is 1. The molecule has 3 aromatic rings. The number of aromatic nitrogens is 1. The minimum atomic E-state index is -3.92. The van der Waals surface area contributed by atoms with E-state index in [1.165, 1.54) is 4.31 Å². The van der Waals surface area contributed by atoms with Crippen molar-refractivity contribution < 1.29 is 13.2 Å². The summed E-state index contributed by atoms with van der Waals surface area (Å²) in [5, 5.41) is 0. The summed E-state index contributed by atoms with van der Waals surface area (Å²) in [7, 11) is -3.92. The van der Waals surface area contributed by atoms with Crippen molar-refractivity contribution in [2.75, 3.05) is 6.54 Å².